The second-order valence-corrected chi connectivity index (χ2v) is 3.83. The topological polar surface area (TPSA) is 32.3 Å². The summed E-state index contributed by atoms with van der Waals surface area (Å²) in [6.07, 6.45) is -3.99. The van der Waals surface area contributed by atoms with E-state index in [1.165, 1.54) is 14.0 Å². The average Bonchev–Trinajstić information content (AvgIpc) is 2.48. The van der Waals surface area contributed by atoms with Crippen LogP contribution >= 0.6 is 0 Å². The van der Waals surface area contributed by atoms with Crippen molar-refractivity contribution < 1.29 is 18.0 Å². The van der Waals surface area contributed by atoms with Gasteiger partial charge in [0.05, 0.1) is 0 Å². The predicted molar refractivity (Wildman–Crippen MR) is 49.3 cm³/mol. The van der Waals surface area contributed by atoms with Gasteiger partial charge in [-0.3, -0.25) is 4.79 Å². The van der Waals surface area contributed by atoms with E-state index in [4.69, 9.17) is 0 Å². The number of likely N-dealkylation sites (N-methyl/N-ethyl adjacent to an activating group) is 1. The number of rotatable bonds is 2. The first-order valence-electron chi connectivity index (χ1n) is 4.85. The lowest BCUT2D eigenvalue weighted by atomic mass is 9.95. The fourth-order valence-corrected chi connectivity index (χ4v) is 2.21. The fourth-order valence-electron chi connectivity index (χ4n) is 2.21. The smallest absolute Gasteiger partial charge is 0.327 e. The Hall–Kier alpha value is -0.780. The van der Waals surface area contributed by atoms with E-state index in [2.05, 4.69) is 5.32 Å². The quantitative estimate of drug-likeness (QED) is 0.763. The van der Waals surface area contributed by atoms with Crippen LogP contribution in [0.25, 0.3) is 0 Å². The lowest BCUT2D eigenvalue weighted by molar-refractivity contribution is -0.221. The summed E-state index contributed by atoms with van der Waals surface area (Å²) >= 11 is 0. The standard InChI is InChI=1S/C9H15F3N2O/c1-7(15)14-5-3-4-8(14,6-13-2)9(10,11)12/h13H,3-6H2,1-2H3. The zero-order valence-corrected chi connectivity index (χ0v) is 8.82. The van der Waals surface area contributed by atoms with Gasteiger partial charge in [0.25, 0.3) is 0 Å². The number of carbonyl (C=O) groups is 1. The summed E-state index contributed by atoms with van der Waals surface area (Å²) in [7, 11) is 1.46. The van der Waals surface area contributed by atoms with Crippen LogP contribution in [0.15, 0.2) is 0 Å². The third-order valence-corrected chi connectivity index (χ3v) is 2.87. The summed E-state index contributed by atoms with van der Waals surface area (Å²) in [6.45, 7) is 1.13. The number of nitrogens with one attached hydrogen (secondary N) is 1. The summed E-state index contributed by atoms with van der Waals surface area (Å²) in [5, 5.41) is 2.53. The third-order valence-electron chi connectivity index (χ3n) is 2.87. The molecule has 0 aliphatic carbocycles. The van der Waals surface area contributed by atoms with Crippen LogP contribution in [0.4, 0.5) is 13.2 Å². The molecule has 1 fully saturated rings. The van der Waals surface area contributed by atoms with E-state index >= 15 is 0 Å². The molecule has 0 aromatic rings. The highest BCUT2D eigenvalue weighted by Crippen LogP contribution is 2.42. The molecule has 1 unspecified atom stereocenters. The van der Waals surface area contributed by atoms with Crippen LogP contribution in [0.5, 0.6) is 0 Å². The molecule has 0 bridgehead atoms. The Morgan fingerprint density at radius 1 is 1.53 bits per heavy atom. The summed E-state index contributed by atoms with van der Waals surface area (Å²) in [5.74, 6) is -0.514. The van der Waals surface area contributed by atoms with Crippen molar-refractivity contribution in [3.63, 3.8) is 0 Å². The first-order chi connectivity index (χ1) is 6.85. The number of hydrogen-bond donors (Lipinski definition) is 1. The van der Waals surface area contributed by atoms with E-state index in [-0.39, 0.29) is 19.5 Å². The molecule has 1 heterocycles. The molecule has 1 aliphatic heterocycles. The summed E-state index contributed by atoms with van der Waals surface area (Å²) in [5.41, 5.74) is -2.01. The monoisotopic (exact) mass is 224 g/mol. The van der Waals surface area contributed by atoms with Crippen LogP contribution in [0.1, 0.15) is 19.8 Å². The molecule has 0 saturated carbocycles. The first-order valence-corrected chi connectivity index (χ1v) is 4.85. The van der Waals surface area contributed by atoms with Crippen molar-refractivity contribution in [1.29, 1.82) is 0 Å². The minimum atomic E-state index is -4.38. The second-order valence-electron chi connectivity index (χ2n) is 3.83. The molecule has 1 atom stereocenters. The maximum atomic E-state index is 13.0. The molecule has 0 spiro atoms. The summed E-state index contributed by atoms with van der Waals surface area (Å²) in [6, 6.07) is 0. The lowest BCUT2D eigenvalue weighted by Gasteiger charge is -2.39. The van der Waals surface area contributed by atoms with E-state index in [0.717, 1.165) is 4.90 Å². The summed E-state index contributed by atoms with van der Waals surface area (Å²) in [4.78, 5) is 12.1. The van der Waals surface area contributed by atoms with Gasteiger partial charge in [0.15, 0.2) is 5.54 Å². The van der Waals surface area contributed by atoms with Crippen LogP contribution in [0.2, 0.25) is 0 Å². The van der Waals surface area contributed by atoms with E-state index < -0.39 is 17.6 Å². The Morgan fingerprint density at radius 3 is 2.53 bits per heavy atom. The molecule has 1 rings (SSSR count). The van der Waals surface area contributed by atoms with Gasteiger partial charge in [0, 0.05) is 20.0 Å². The van der Waals surface area contributed by atoms with Crippen molar-refractivity contribution in [3.05, 3.63) is 0 Å². The van der Waals surface area contributed by atoms with E-state index in [0.29, 0.717) is 6.42 Å². The van der Waals surface area contributed by atoms with Gasteiger partial charge in [0.1, 0.15) is 0 Å². The van der Waals surface area contributed by atoms with Crippen LogP contribution in [-0.4, -0.2) is 42.7 Å². The van der Waals surface area contributed by atoms with Crippen molar-refractivity contribution in [3.8, 4) is 0 Å². The molecule has 0 aromatic heterocycles. The molecule has 1 aliphatic rings. The van der Waals surface area contributed by atoms with Gasteiger partial charge in [-0.1, -0.05) is 0 Å². The maximum absolute atomic E-state index is 13.0. The molecule has 3 nitrogen and oxygen atoms in total. The van der Waals surface area contributed by atoms with Crippen molar-refractivity contribution in [2.75, 3.05) is 20.1 Å². The highest BCUT2D eigenvalue weighted by Gasteiger charge is 2.60. The minimum absolute atomic E-state index is 0.0169. The molecule has 6 heteroatoms. The van der Waals surface area contributed by atoms with Crippen molar-refractivity contribution in [2.24, 2.45) is 0 Å². The zero-order chi connectivity index (χ0) is 11.7. The normalized spacial score (nSPS) is 27.1. The van der Waals surface area contributed by atoms with E-state index in [1.54, 1.807) is 0 Å². The molecule has 88 valence electrons. The minimum Gasteiger partial charge on any atom is -0.327 e. The van der Waals surface area contributed by atoms with Crippen LogP contribution in [-0.2, 0) is 4.79 Å². The van der Waals surface area contributed by atoms with Gasteiger partial charge >= 0.3 is 6.18 Å². The zero-order valence-electron chi connectivity index (χ0n) is 8.82. The number of nitrogens with zero attached hydrogens (tertiary/aromatic N) is 1. The Morgan fingerprint density at radius 2 is 2.13 bits per heavy atom. The summed E-state index contributed by atoms with van der Waals surface area (Å²) < 4.78 is 38.9. The molecule has 0 radical (unpaired) electrons. The van der Waals surface area contributed by atoms with Crippen LogP contribution in [0.3, 0.4) is 0 Å². The highest BCUT2D eigenvalue weighted by atomic mass is 19.4. The average molecular weight is 224 g/mol. The van der Waals surface area contributed by atoms with Crippen molar-refractivity contribution in [1.82, 2.24) is 10.2 Å². The highest BCUT2D eigenvalue weighted by molar-refractivity contribution is 5.74. The Kier molecular flexibility index (Phi) is 3.28. The Labute approximate surface area is 86.6 Å². The van der Waals surface area contributed by atoms with Gasteiger partial charge < -0.3 is 10.2 Å². The Bertz CT molecular complexity index is 254. The lowest BCUT2D eigenvalue weighted by Crippen LogP contribution is -2.61. The number of likely N-dealkylation sites (tertiary alicyclic amines) is 1. The number of alkyl halides is 3. The third kappa shape index (κ3) is 1.95. The fraction of sp³-hybridized carbons (Fsp3) is 0.889. The predicted octanol–water partition coefficient (Wildman–Crippen LogP) is 1.15. The molecule has 1 amide bonds. The molecule has 0 aromatic carbocycles. The second kappa shape index (κ2) is 4.00. The van der Waals surface area contributed by atoms with Crippen molar-refractivity contribution in [2.45, 2.75) is 31.5 Å². The van der Waals surface area contributed by atoms with Crippen LogP contribution in [0, 0.1) is 0 Å². The molecule has 1 N–H and O–H groups in total. The first kappa shape index (κ1) is 12.3. The van der Waals surface area contributed by atoms with Gasteiger partial charge in [-0.15, -0.1) is 0 Å². The molecule has 1 saturated heterocycles. The van der Waals surface area contributed by atoms with Crippen LogP contribution < -0.4 is 5.32 Å². The number of amides is 1. The molecule has 15 heavy (non-hydrogen) atoms. The maximum Gasteiger partial charge on any atom is 0.412 e. The van der Waals surface area contributed by atoms with Crippen molar-refractivity contribution >= 4 is 5.91 Å². The van der Waals surface area contributed by atoms with Gasteiger partial charge in [-0.05, 0) is 19.9 Å². The number of carbonyl (C=O) groups excluding carboxylic acids is 1. The van der Waals surface area contributed by atoms with E-state index in [9.17, 15) is 18.0 Å². The van der Waals surface area contributed by atoms with Gasteiger partial charge in [0.2, 0.25) is 5.91 Å². The Balaban J connectivity index is 3.04. The molecular weight excluding hydrogens is 209 g/mol. The largest absolute Gasteiger partial charge is 0.412 e. The van der Waals surface area contributed by atoms with E-state index in [1.807, 2.05) is 0 Å². The molecular formula is C9H15F3N2O. The number of halogens is 3. The van der Waals surface area contributed by atoms with Gasteiger partial charge in [-0.2, -0.15) is 13.2 Å². The van der Waals surface area contributed by atoms with Gasteiger partial charge in [-0.25, -0.2) is 0 Å². The SMILES string of the molecule is CNCC1(C(F)(F)F)CCCN1C(C)=O. The number of hydrogen-bond acceptors (Lipinski definition) is 2.